The van der Waals surface area contributed by atoms with Crippen molar-refractivity contribution < 1.29 is 9.47 Å². The minimum absolute atomic E-state index is 0.337. The standard InChI is InChI=1S/C19H22N6O2S/c1-4-24(5-2)14-9-10-18(26-3)17(12-14)20-13-27-16-8-6-7-15(11-16)25-19(28)21-22-23-25/h6-13H,4-5H2,1-3H3,(H,21,23,28). The van der Waals surface area contributed by atoms with E-state index < -0.39 is 0 Å². The highest BCUT2D eigenvalue weighted by Crippen LogP contribution is 2.32. The van der Waals surface area contributed by atoms with Gasteiger partial charge in [0.05, 0.1) is 12.8 Å². The topological polar surface area (TPSA) is 80.6 Å². The lowest BCUT2D eigenvalue weighted by Crippen LogP contribution is -2.21. The second-order valence-electron chi connectivity index (χ2n) is 5.80. The van der Waals surface area contributed by atoms with Crippen molar-refractivity contribution in [1.29, 1.82) is 0 Å². The summed E-state index contributed by atoms with van der Waals surface area (Å²) in [5, 5.41) is 10.2. The Kier molecular flexibility index (Phi) is 6.38. The fourth-order valence-electron chi connectivity index (χ4n) is 2.77. The number of aromatic nitrogens is 4. The van der Waals surface area contributed by atoms with Gasteiger partial charge >= 0.3 is 0 Å². The summed E-state index contributed by atoms with van der Waals surface area (Å²) in [6.45, 7) is 6.07. The molecule has 28 heavy (non-hydrogen) atoms. The van der Waals surface area contributed by atoms with E-state index in [1.165, 1.54) is 6.40 Å². The van der Waals surface area contributed by atoms with Gasteiger partial charge in [0.1, 0.15) is 17.2 Å². The number of anilines is 1. The molecule has 0 amide bonds. The van der Waals surface area contributed by atoms with Gasteiger partial charge in [0, 0.05) is 24.8 Å². The first-order valence-electron chi connectivity index (χ1n) is 8.89. The summed E-state index contributed by atoms with van der Waals surface area (Å²) in [7, 11) is 1.62. The second kappa shape index (κ2) is 9.14. The molecule has 8 nitrogen and oxygen atoms in total. The number of H-pyrrole nitrogens is 1. The van der Waals surface area contributed by atoms with E-state index in [1.54, 1.807) is 11.8 Å². The van der Waals surface area contributed by atoms with E-state index in [0.29, 0.717) is 22.0 Å². The molecule has 0 aliphatic rings. The van der Waals surface area contributed by atoms with Gasteiger partial charge in [-0.15, -0.1) is 0 Å². The summed E-state index contributed by atoms with van der Waals surface area (Å²) in [4.78, 5) is 6.68. The highest BCUT2D eigenvalue weighted by molar-refractivity contribution is 7.71. The van der Waals surface area contributed by atoms with Gasteiger partial charge in [-0.25, -0.2) is 9.67 Å². The predicted molar refractivity (Wildman–Crippen MR) is 112 cm³/mol. The Labute approximate surface area is 168 Å². The molecular weight excluding hydrogens is 376 g/mol. The maximum absolute atomic E-state index is 5.68. The maximum Gasteiger partial charge on any atom is 0.242 e. The van der Waals surface area contributed by atoms with Crippen LogP contribution in [0.15, 0.2) is 47.5 Å². The summed E-state index contributed by atoms with van der Waals surface area (Å²) in [5.74, 6) is 1.29. The van der Waals surface area contributed by atoms with Crippen molar-refractivity contribution >= 4 is 30.0 Å². The summed E-state index contributed by atoms with van der Waals surface area (Å²) < 4.78 is 13.0. The first-order valence-corrected chi connectivity index (χ1v) is 9.29. The molecule has 0 unspecified atom stereocenters. The number of aliphatic imine (C=N–C) groups is 1. The summed E-state index contributed by atoms with van der Waals surface area (Å²) in [6, 6.07) is 13.3. The molecule has 9 heteroatoms. The Balaban J connectivity index is 1.80. The average molecular weight is 398 g/mol. The van der Waals surface area contributed by atoms with Gasteiger partial charge in [0.25, 0.3) is 0 Å². The first-order chi connectivity index (χ1) is 13.7. The molecule has 0 radical (unpaired) electrons. The molecule has 1 aromatic heterocycles. The van der Waals surface area contributed by atoms with Crippen LogP contribution in [0, 0.1) is 4.77 Å². The van der Waals surface area contributed by atoms with Gasteiger partial charge in [0.15, 0.2) is 6.40 Å². The number of tetrazole rings is 1. The maximum atomic E-state index is 5.68. The lowest BCUT2D eigenvalue weighted by atomic mass is 10.2. The molecule has 1 N–H and O–H groups in total. The Morgan fingerprint density at radius 3 is 2.71 bits per heavy atom. The minimum atomic E-state index is 0.337. The molecule has 146 valence electrons. The number of ether oxygens (including phenoxy) is 2. The van der Waals surface area contributed by atoms with E-state index in [2.05, 4.69) is 39.3 Å². The van der Waals surface area contributed by atoms with Gasteiger partial charge in [0.2, 0.25) is 4.77 Å². The largest absolute Gasteiger partial charge is 0.494 e. The molecule has 0 atom stereocenters. The van der Waals surface area contributed by atoms with Crippen LogP contribution in [0.25, 0.3) is 5.69 Å². The third-order valence-corrected chi connectivity index (χ3v) is 4.48. The van der Waals surface area contributed by atoms with Crippen LogP contribution in [-0.2, 0) is 0 Å². The SMILES string of the molecule is CCN(CC)c1ccc(OC)c(N=COc2cccc(-n3[nH]nnc3=S)c2)c1. The van der Waals surface area contributed by atoms with Crippen molar-refractivity contribution in [2.45, 2.75) is 13.8 Å². The van der Waals surface area contributed by atoms with E-state index in [9.17, 15) is 0 Å². The molecule has 3 aromatic rings. The fraction of sp³-hybridized carbons (Fsp3) is 0.263. The molecule has 0 saturated heterocycles. The number of nitrogens with zero attached hydrogens (tertiary/aromatic N) is 5. The molecule has 3 rings (SSSR count). The average Bonchev–Trinajstić information content (AvgIpc) is 3.15. The van der Waals surface area contributed by atoms with Gasteiger partial charge in [-0.05, 0) is 56.4 Å². The van der Waals surface area contributed by atoms with E-state index in [0.717, 1.165) is 24.5 Å². The number of benzene rings is 2. The normalized spacial score (nSPS) is 11.0. The predicted octanol–water partition coefficient (Wildman–Crippen LogP) is 3.92. The summed E-state index contributed by atoms with van der Waals surface area (Å²) in [5.41, 5.74) is 2.55. The van der Waals surface area contributed by atoms with Crippen molar-refractivity contribution in [3.05, 3.63) is 47.2 Å². The number of rotatable bonds is 8. The molecular formula is C19H22N6O2S. The molecule has 0 saturated carbocycles. The van der Waals surface area contributed by atoms with Crippen LogP contribution in [0.4, 0.5) is 11.4 Å². The molecule has 1 heterocycles. The quantitative estimate of drug-likeness (QED) is 0.352. The minimum Gasteiger partial charge on any atom is -0.494 e. The van der Waals surface area contributed by atoms with Crippen LogP contribution in [0.5, 0.6) is 11.5 Å². The van der Waals surface area contributed by atoms with Gasteiger partial charge in [-0.3, -0.25) is 0 Å². The molecule has 0 bridgehead atoms. The van der Waals surface area contributed by atoms with E-state index in [4.69, 9.17) is 21.7 Å². The number of methoxy groups -OCH3 is 1. The van der Waals surface area contributed by atoms with E-state index in [1.807, 2.05) is 42.5 Å². The Bertz CT molecular complexity index is 1010. The zero-order valence-electron chi connectivity index (χ0n) is 16.0. The first kappa shape index (κ1) is 19.6. The van der Waals surface area contributed by atoms with Crippen LogP contribution >= 0.6 is 12.2 Å². The lowest BCUT2D eigenvalue weighted by molar-refractivity contribution is 0.416. The summed E-state index contributed by atoms with van der Waals surface area (Å²) in [6.07, 6.45) is 1.40. The summed E-state index contributed by atoms with van der Waals surface area (Å²) >= 11 is 5.12. The third kappa shape index (κ3) is 4.37. The van der Waals surface area contributed by atoms with Crippen molar-refractivity contribution in [2.75, 3.05) is 25.1 Å². The monoisotopic (exact) mass is 398 g/mol. The van der Waals surface area contributed by atoms with E-state index in [-0.39, 0.29) is 0 Å². The van der Waals surface area contributed by atoms with Gasteiger partial charge in [-0.1, -0.05) is 16.4 Å². The number of aromatic amines is 1. The Morgan fingerprint density at radius 2 is 2.04 bits per heavy atom. The number of hydrogen-bond acceptors (Lipinski definition) is 7. The van der Waals surface area contributed by atoms with Gasteiger partial charge in [-0.2, -0.15) is 5.21 Å². The third-order valence-electron chi connectivity index (χ3n) is 4.22. The zero-order chi connectivity index (χ0) is 19.9. The van der Waals surface area contributed by atoms with E-state index >= 15 is 0 Å². The van der Waals surface area contributed by atoms with Crippen molar-refractivity contribution in [3.8, 4) is 17.2 Å². The van der Waals surface area contributed by atoms with Crippen LogP contribution in [0.2, 0.25) is 0 Å². The highest BCUT2D eigenvalue weighted by atomic mass is 32.1. The fourth-order valence-corrected chi connectivity index (χ4v) is 2.96. The van der Waals surface area contributed by atoms with Crippen LogP contribution in [0.3, 0.4) is 0 Å². The molecule has 0 aliphatic carbocycles. The van der Waals surface area contributed by atoms with Crippen molar-refractivity contribution in [1.82, 2.24) is 20.2 Å². The van der Waals surface area contributed by atoms with Crippen LogP contribution in [0.1, 0.15) is 13.8 Å². The van der Waals surface area contributed by atoms with Crippen molar-refractivity contribution in [2.24, 2.45) is 4.99 Å². The smallest absolute Gasteiger partial charge is 0.242 e. The van der Waals surface area contributed by atoms with Crippen LogP contribution in [-0.4, -0.2) is 46.8 Å². The highest BCUT2D eigenvalue weighted by Gasteiger charge is 2.07. The Hall–Kier alpha value is -3.20. The van der Waals surface area contributed by atoms with Crippen molar-refractivity contribution in [3.63, 3.8) is 0 Å². The van der Waals surface area contributed by atoms with Crippen LogP contribution < -0.4 is 14.4 Å². The second-order valence-corrected chi connectivity index (χ2v) is 6.16. The number of hydrogen-bond donors (Lipinski definition) is 1. The lowest BCUT2D eigenvalue weighted by Gasteiger charge is -2.21. The van der Waals surface area contributed by atoms with Gasteiger partial charge < -0.3 is 14.4 Å². The molecule has 2 aromatic carbocycles. The molecule has 0 aliphatic heterocycles. The molecule has 0 fully saturated rings. The Morgan fingerprint density at radius 1 is 1.21 bits per heavy atom. The molecule has 0 spiro atoms. The number of nitrogens with one attached hydrogen (secondary N) is 1. The zero-order valence-corrected chi connectivity index (χ0v) is 16.8.